The molecule has 0 radical (unpaired) electrons. The van der Waals surface area contributed by atoms with Crippen LogP contribution in [0.5, 0.6) is 0 Å². The van der Waals surface area contributed by atoms with Crippen LogP contribution in [-0.2, 0) is 19.1 Å². The van der Waals surface area contributed by atoms with Gasteiger partial charge in [0.1, 0.15) is 6.10 Å². The number of carbonyl (C=O) groups is 2. The molecule has 0 aromatic rings. The predicted molar refractivity (Wildman–Crippen MR) is 95.1 cm³/mol. The van der Waals surface area contributed by atoms with E-state index in [1.165, 1.54) is 0 Å². The van der Waals surface area contributed by atoms with Gasteiger partial charge >= 0.3 is 5.97 Å². The number of rotatable bonds is 1. The fourth-order valence-electron chi connectivity index (χ4n) is 7.20. The summed E-state index contributed by atoms with van der Waals surface area (Å²) >= 11 is 0. The zero-order valence-electron chi connectivity index (χ0n) is 16.3. The minimum absolute atomic E-state index is 0.000322. The van der Waals surface area contributed by atoms with Crippen LogP contribution in [0.4, 0.5) is 0 Å². The normalized spacial score (nSPS) is 53.3. The van der Waals surface area contributed by atoms with Crippen molar-refractivity contribution in [1.82, 2.24) is 0 Å². The third kappa shape index (κ3) is 2.04. The summed E-state index contributed by atoms with van der Waals surface area (Å²) in [5, 5.41) is 11.3. The van der Waals surface area contributed by atoms with Crippen LogP contribution in [0.1, 0.15) is 47.0 Å². The Kier molecular flexibility index (Phi) is 3.95. The fourth-order valence-corrected chi connectivity index (χ4v) is 7.20. The second-order valence-electron chi connectivity index (χ2n) is 9.47. The van der Waals surface area contributed by atoms with Crippen molar-refractivity contribution in [3.8, 4) is 0 Å². The lowest BCUT2D eigenvalue weighted by Crippen LogP contribution is -2.71. The quantitative estimate of drug-likeness (QED) is 0.726. The maximum absolute atomic E-state index is 13.3. The van der Waals surface area contributed by atoms with E-state index in [-0.39, 0.29) is 47.6 Å². The number of hydrogen-bond acceptors (Lipinski definition) is 5. The molecule has 3 aliphatic carbocycles. The summed E-state index contributed by atoms with van der Waals surface area (Å²) in [7, 11) is 1.63. The maximum atomic E-state index is 13.3. The number of methoxy groups -OCH3 is 1. The molecule has 0 bridgehead atoms. The Morgan fingerprint density at radius 1 is 1.23 bits per heavy atom. The number of allylic oxidation sites excluding steroid dienone is 2. The summed E-state index contributed by atoms with van der Waals surface area (Å²) < 4.78 is 11.4. The minimum atomic E-state index is -0.703. The Hall–Kier alpha value is -1.20. The Morgan fingerprint density at radius 3 is 2.58 bits per heavy atom. The number of hydrogen-bond donors (Lipinski definition) is 1. The smallest absolute Gasteiger partial charge is 0.306 e. The first kappa shape index (κ1) is 18.2. The van der Waals surface area contributed by atoms with E-state index in [9.17, 15) is 14.7 Å². The van der Waals surface area contributed by atoms with Gasteiger partial charge in [-0.2, -0.15) is 0 Å². The standard InChI is InChI=1S/C21H30O5/c1-10-6-14(22)18-20(3)13(10)9-17(23)26-16(20)8-12-11(2)7-15(25-5)19(24)21(12,18)4/h6,11-13,15-16,18-19,24H,7-9H2,1-5H3/t11-,12-,13+,15+,16-,18-,19-,20-,21+/m1/s1. The highest BCUT2D eigenvalue weighted by Gasteiger charge is 2.70. The first-order valence-corrected chi connectivity index (χ1v) is 9.78. The summed E-state index contributed by atoms with van der Waals surface area (Å²) in [4.78, 5) is 25.6. The summed E-state index contributed by atoms with van der Waals surface area (Å²) in [6.07, 6.45) is 2.27. The highest BCUT2D eigenvalue weighted by molar-refractivity contribution is 5.95. The molecule has 26 heavy (non-hydrogen) atoms. The molecule has 0 amide bonds. The van der Waals surface area contributed by atoms with Crippen LogP contribution in [-0.4, -0.2) is 42.3 Å². The number of aliphatic hydroxyl groups excluding tert-OH is 1. The topological polar surface area (TPSA) is 72.8 Å². The molecule has 1 N–H and O–H groups in total. The summed E-state index contributed by atoms with van der Waals surface area (Å²) in [6, 6.07) is 0. The van der Waals surface area contributed by atoms with Crippen molar-refractivity contribution in [2.75, 3.05) is 7.11 Å². The van der Waals surface area contributed by atoms with Crippen LogP contribution in [0.2, 0.25) is 0 Å². The van der Waals surface area contributed by atoms with Crippen LogP contribution in [0.25, 0.3) is 0 Å². The van der Waals surface area contributed by atoms with Crippen LogP contribution < -0.4 is 0 Å². The van der Waals surface area contributed by atoms with Crippen molar-refractivity contribution in [3.05, 3.63) is 11.6 Å². The van der Waals surface area contributed by atoms with Crippen molar-refractivity contribution < 1.29 is 24.2 Å². The van der Waals surface area contributed by atoms with Crippen LogP contribution >= 0.6 is 0 Å². The van der Waals surface area contributed by atoms with E-state index in [4.69, 9.17) is 9.47 Å². The first-order chi connectivity index (χ1) is 12.1. The maximum Gasteiger partial charge on any atom is 0.306 e. The lowest BCUT2D eigenvalue weighted by Gasteiger charge is -2.67. The largest absolute Gasteiger partial charge is 0.462 e. The van der Waals surface area contributed by atoms with Gasteiger partial charge in [0.15, 0.2) is 5.78 Å². The summed E-state index contributed by atoms with van der Waals surface area (Å²) in [5.74, 6) is -0.0539. The molecule has 4 rings (SSSR count). The minimum Gasteiger partial charge on any atom is -0.462 e. The molecule has 2 saturated carbocycles. The Labute approximate surface area is 155 Å². The van der Waals surface area contributed by atoms with Crippen molar-refractivity contribution in [2.45, 2.75) is 65.3 Å². The van der Waals surface area contributed by atoms with Gasteiger partial charge in [-0.1, -0.05) is 26.3 Å². The average Bonchev–Trinajstić information content (AvgIpc) is 2.56. The van der Waals surface area contributed by atoms with Gasteiger partial charge in [-0.15, -0.1) is 0 Å². The molecule has 0 unspecified atom stereocenters. The van der Waals surface area contributed by atoms with E-state index in [0.717, 1.165) is 12.0 Å². The lowest BCUT2D eigenvalue weighted by molar-refractivity contribution is -0.255. The van der Waals surface area contributed by atoms with E-state index in [1.54, 1.807) is 13.2 Å². The molecule has 144 valence electrons. The molecule has 0 spiro atoms. The molecule has 5 heteroatoms. The number of carbonyl (C=O) groups excluding carboxylic acids is 2. The zero-order chi connectivity index (χ0) is 19.0. The number of esters is 1. The molecule has 1 aliphatic heterocycles. The Morgan fingerprint density at radius 2 is 1.92 bits per heavy atom. The molecule has 3 fully saturated rings. The van der Waals surface area contributed by atoms with Crippen molar-refractivity contribution in [1.29, 1.82) is 0 Å². The average molecular weight is 362 g/mol. The van der Waals surface area contributed by atoms with Gasteiger partial charge < -0.3 is 14.6 Å². The Bertz CT molecular complexity index is 684. The molecule has 5 nitrogen and oxygen atoms in total. The number of fused-ring (bicyclic) bond motifs is 2. The third-order valence-corrected chi connectivity index (χ3v) is 8.39. The van der Waals surface area contributed by atoms with E-state index >= 15 is 0 Å². The second-order valence-corrected chi connectivity index (χ2v) is 9.47. The Balaban J connectivity index is 1.90. The number of aliphatic hydroxyl groups is 1. The van der Waals surface area contributed by atoms with E-state index in [1.807, 2.05) is 6.92 Å². The fraction of sp³-hybridized carbons (Fsp3) is 0.810. The summed E-state index contributed by atoms with van der Waals surface area (Å²) in [5.41, 5.74) is -0.0789. The molecule has 0 aromatic carbocycles. The van der Waals surface area contributed by atoms with Crippen molar-refractivity contribution in [2.24, 2.45) is 34.5 Å². The highest BCUT2D eigenvalue weighted by atomic mass is 16.5. The van der Waals surface area contributed by atoms with Gasteiger partial charge in [-0.25, -0.2) is 0 Å². The first-order valence-electron chi connectivity index (χ1n) is 9.78. The molecule has 1 saturated heterocycles. The lowest BCUT2D eigenvalue weighted by atomic mass is 9.39. The van der Waals surface area contributed by atoms with Crippen LogP contribution in [0.3, 0.4) is 0 Å². The number of ketones is 1. The predicted octanol–water partition coefficient (Wildman–Crippen LogP) is 2.51. The van der Waals surface area contributed by atoms with E-state index < -0.39 is 16.9 Å². The van der Waals surface area contributed by atoms with E-state index in [0.29, 0.717) is 12.8 Å². The molecule has 4 aliphatic rings. The van der Waals surface area contributed by atoms with Gasteiger partial charge in [0, 0.05) is 23.9 Å². The van der Waals surface area contributed by atoms with Gasteiger partial charge in [0.05, 0.1) is 18.6 Å². The monoisotopic (exact) mass is 362 g/mol. The molecular weight excluding hydrogens is 332 g/mol. The SMILES string of the molecule is CO[C@H]1C[C@@H](C)[C@H]2C[C@H]3OC(=O)C[C@H]4C(C)=CC(=O)[C@@H]([C@@]2(C)[C@@H]1O)[C@@]34C. The van der Waals surface area contributed by atoms with Gasteiger partial charge in [-0.3, -0.25) is 9.59 Å². The third-order valence-electron chi connectivity index (χ3n) is 8.39. The van der Waals surface area contributed by atoms with Crippen LogP contribution in [0, 0.1) is 34.5 Å². The second kappa shape index (κ2) is 5.65. The zero-order valence-corrected chi connectivity index (χ0v) is 16.3. The van der Waals surface area contributed by atoms with Crippen LogP contribution in [0.15, 0.2) is 11.6 Å². The van der Waals surface area contributed by atoms with Gasteiger partial charge in [0.2, 0.25) is 0 Å². The van der Waals surface area contributed by atoms with Gasteiger partial charge in [-0.05, 0) is 43.6 Å². The molecule has 1 heterocycles. The summed E-state index contributed by atoms with van der Waals surface area (Å²) in [6.45, 7) is 8.28. The van der Waals surface area contributed by atoms with Crippen molar-refractivity contribution >= 4 is 11.8 Å². The molecular formula is C21H30O5. The molecule has 9 atom stereocenters. The number of ether oxygens (including phenoxy) is 2. The van der Waals surface area contributed by atoms with E-state index in [2.05, 4.69) is 20.8 Å². The highest BCUT2D eigenvalue weighted by Crippen LogP contribution is 2.67. The van der Waals surface area contributed by atoms with Crippen molar-refractivity contribution in [3.63, 3.8) is 0 Å². The molecule has 0 aromatic heterocycles. The van der Waals surface area contributed by atoms with Gasteiger partial charge in [0.25, 0.3) is 0 Å².